The van der Waals surface area contributed by atoms with Gasteiger partial charge in [-0.25, -0.2) is 12.7 Å². The predicted octanol–water partition coefficient (Wildman–Crippen LogP) is 0.834. The van der Waals surface area contributed by atoms with Crippen molar-refractivity contribution in [2.24, 2.45) is 0 Å². The highest BCUT2D eigenvalue weighted by atomic mass is 32.2. The van der Waals surface area contributed by atoms with E-state index in [0.717, 1.165) is 16.4 Å². The number of piperazine rings is 1. The molecule has 9 heteroatoms. The minimum Gasteiger partial charge on any atom is -0.563 e. The summed E-state index contributed by atoms with van der Waals surface area (Å²) in [4.78, 5) is 0. The van der Waals surface area contributed by atoms with Crippen molar-refractivity contribution in [2.75, 3.05) is 26.2 Å². The molecule has 112 valence electrons. The molecule has 1 fully saturated rings. The van der Waals surface area contributed by atoms with Crippen LogP contribution in [0.15, 0.2) is 24.3 Å². The molecule has 0 unspecified atom stereocenters. The van der Waals surface area contributed by atoms with E-state index < -0.39 is 27.6 Å². The fourth-order valence-electron chi connectivity index (χ4n) is 1.93. The molecule has 2 N–H and O–H groups in total. The van der Waals surface area contributed by atoms with Gasteiger partial charge in [0.2, 0.25) is 0 Å². The molecule has 1 aromatic rings. The van der Waals surface area contributed by atoms with E-state index in [-0.39, 0.29) is 13.1 Å². The van der Waals surface area contributed by atoms with Crippen LogP contribution in [0.1, 0.15) is 5.56 Å². The molecule has 5 nitrogen and oxygen atoms in total. The van der Waals surface area contributed by atoms with Gasteiger partial charge in [-0.3, -0.25) is 0 Å². The maximum atomic E-state index is 12.8. The normalized spacial score (nSPS) is 17.9. The number of hydrogen-bond acceptors (Lipinski definition) is 2. The lowest BCUT2D eigenvalue weighted by molar-refractivity contribution is -0.661. The van der Waals surface area contributed by atoms with Crippen molar-refractivity contribution in [3.8, 4) is 0 Å². The summed E-state index contributed by atoms with van der Waals surface area (Å²) >= 11 is 0. The van der Waals surface area contributed by atoms with Crippen LogP contribution in [0.2, 0.25) is 0 Å². The molecule has 0 aromatic heterocycles. The Morgan fingerprint density at radius 2 is 1.75 bits per heavy atom. The van der Waals surface area contributed by atoms with Gasteiger partial charge in [0, 0.05) is 5.56 Å². The van der Waals surface area contributed by atoms with E-state index in [1.807, 2.05) is 5.32 Å². The molecule has 0 atom stereocenters. The number of hydrogen-bond donors (Lipinski definition) is 1. The first kappa shape index (κ1) is 15.1. The number of rotatable bonds is 3. The maximum absolute atomic E-state index is 12.8. The summed E-state index contributed by atoms with van der Waals surface area (Å²) in [6.07, 6.45) is -4.63. The molecule has 1 heterocycles. The highest BCUT2D eigenvalue weighted by Gasteiger charge is 2.31. The van der Waals surface area contributed by atoms with Crippen LogP contribution in [-0.2, 0) is 16.4 Å². The summed E-state index contributed by atoms with van der Waals surface area (Å²) in [6, 6.07) is 4.40. The van der Waals surface area contributed by atoms with Crippen LogP contribution in [0.5, 0.6) is 0 Å². The summed E-state index contributed by atoms with van der Waals surface area (Å²) in [5.41, 5.74) is -1.62. The molecule has 0 radical (unpaired) electrons. The number of halogens is 3. The zero-order valence-electron chi connectivity index (χ0n) is 10.5. The first-order valence-corrected chi connectivity index (χ1v) is 7.41. The van der Waals surface area contributed by atoms with Crippen molar-refractivity contribution in [1.29, 1.82) is 0 Å². The smallest absolute Gasteiger partial charge is 0.415 e. The van der Waals surface area contributed by atoms with Gasteiger partial charge in [-0.15, -0.1) is 5.69 Å². The van der Waals surface area contributed by atoms with Gasteiger partial charge in [0.15, 0.2) is 10.2 Å². The zero-order chi connectivity index (χ0) is 14.8. The Kier molecular flexibility index (Phi) is 4.21. The SMILES string of the molecule is O=S(=O)([N-]c1ccccc1C(F)(F)F)N1CC[NH2+]CC1. The Bertz CT molecular complexity index is 569. The van der Waals surface area contributed by atoms with E-state index in [2.05, 4.69) is 4.72 Å². The van der Waals surface area contributed by atoms with E-state index in [4.69, 9.17) is 0 Å². The second-order valence-corrected chi connectivity index (χ2v) is 5.94. The molecule has 0 saturated carbocycles. The van der Waals surface area contributed by atoms with Crippen LogP contribution in [0, 0.1) is 0 Å². The molecule has 20 heavy (non-hydrogen) atoms. The molecule has 0 spiro atoms. The van der Waals surface area contributed by atoms with E-state index in [1.54, 1.807) is 0 Å². The minimum absolute atomic E-state index is 0.250. The standard InChI is InChI=1S/C11H13F3N3O2S/c12-11(13,14)9-3-1-2-4-10(9)16-20(18,19)17-7-5-15-6-8-17/h1-4,15H,5-8H2/q-1/p+1. The molecule has 1 aliphatic heterocycles. The number of quaternary nitrogens is 1. The lowest BCUT2D eigenvalue weighted by Crippen LogP contribution is -2.89. The molecule has 0 bridgehead atoms. The van der Waals surface area contributed by atoms with Crippen LogP contribution in [-0.4, -0.2) is 38.9 Å². The summed E-state index contributed by atoms with van der Waals surface area (Å²) in [5.74, 6) is 0. The quantitative estimate of drug-likeness (QED) is 0.899. The molecule has 2 rings (SSSR count). The third kappa shape index (κ3) is 3.41. The lowest BCUT2D eigenvalue weighted by Gasteiger charge is -2.34. The van der Waals surface area contributed by atoms with Crippen molar-refractivity contribution < 1.29 is 26.9 Å². The number of alkyl halides is 3. The van der Waals surface area contributed by atoms with Crippen LogP contribution >= 0.6 is 0 Å². The lowest BCUT2D eigenvalue weighted by atomic mass is 10.2. The number of benzene rings is 1. The first-order valence-electron chi connectivity index (χ1n) is 6.02. The van der Waals surface area contributed by atoms with E-state index in [0.29, 0.717) is 13.1 Å². The number of nitrogens with two attached hydrogens (primary N) is 1. The van der Waals surface area contributed by atoms with Gasteiger partial charge in [0.25, 0.3) is 0 Å². The fraction of sp³-hybridized carbons (Fsp3) is 0.455. The van der Waals surface area contributed by atoms with E-state index >= 15 is 0 Å². The maximum Gasteiger partial charge on any atom is 0.415 e. The van der Waals surface area contributed by atoms with Gasteiger partial charge < -0.3 is 10.0 Å². The van der Waals surface area contributed by atoms with Gasteiger partial charge in [-0.2, -0.15) is 13.2 Å². The Labute approximate surface area is 115 Å². The summed E-state index contributed by atoms with van der Waals surface area (Å²) in [5, 5.41) is 1.94. The minimum atomic E-state index is -4.63. The Morgan fingerprint density at radius 3 is 2.35 bits per heavy atom. The van der Waals surface area contributed by atoms with Crippen LogP contribution in [0.25, 0.3) is 4.72 Å². The second kappa shape index (κ2) is 5.58. The summed E-state index contributed by atoms with van der Waals surface area (Å²) in [7, 11) is -4.08. The predicted molar refractivity (Wildman–Crippen MR) is 66.6 cm³/mol. The monoisotopic (exact) mass is 309 g/mol. The molecular formula is C11H14F3N3O2S. The van der Waals surface area contributed by atoms with E-state index in [1.165, 1.54) is 12.1 Å². The Balaban J connectivity index is 2.25. The zero-order valence-corrected chi connectivity index (χ0v) is 11.3. The van der Waals surface area contributed by atoms with Gasteiger partial charge >= 0.3 is 6.18 Å². The average molecular weight is 309 g/mol. The Morgan fingerprint density at radius 1 is 1.15 bits per heavy atom. The van der Waals surface area contributed by atoms with E-state index in [9.17, 15) is 21.6 Å². The third-order valence-electron chi connectivity index (χ3n) is 2.91. The van der Waals surface area contributed by atoms with Crippen molar-refractivity contribution in [1.82, 2.24) is 4.31 Å². The molecule has 1 aromatic carbocycles. The average Bonchev–Trinajstić information content (AvgIpc) is 2.39. The topological polar surface area (TPSA) is 68.1 Å². The molecule has 0 amide bonds. The Hall–Kier alpha value is -1.32. The molecular weight excluding hydrogens is 295 g/mol. The van der Waals surface area contributed by atoms with Crippen molar-refractivity contribution in [3.63, 3.8) is 0 Å². The third-order valence-corrected chi connectivity index (χ3v) is 4.36. The fourth-order valence-corrected chi connectivity index (χ4v) is 3.13. The molecule has 1 saturated heterocycles. The van der Waals surface area contributed by atoms with Crippen molar-refractivity contribution >= 4 is 15.9 Å². The molecule has 0 aliphatic carbocycles. The number of nitrogens with zero attached hydrogens (tertiary/aromatic N) is 2. The van der Waals surface area contributed by atoms with Gasteiger partial charge in [-0.05, 0) is 0 Å². The van der Waals surface area contributed by atoms with Crippen LogP contribution < -0.4 is 5.32 Å². The van der Waals surface area contributed by atoms with Crippen molar-refractivity contribution in [3.05, 3.63) is 34.6 Å². The first-order chi connectivity index (χ1) is 9.31. The highest BCUT2D eigenvalue weighted by molar-refractivity contribution is 7.92. The van der Waals surface area contributed by atoms with Gasteiger partial charge in [0.1, 0.15) is 0 Å². The van der Waals surface area contributed by atoms with Gasteiger partial charge in [0.05, 0.1) is 26.2 Å². The summed E-state index contributed by atoms with van der Waals surface area (Å²) in [6.45, 7) is 1.66. The summed E-state index contributed by atoms with van der Waals surface area (Å²) < 4.78 is 66.8. The van der Waals surface area contributed by atoms with Crippen LogP contribution in [0.3, 0.4) is 0 Å². The highest BCUT2D eigenvalue weighted by Crippen LogP contribution is 2.39. The van der Waals surface area contributed by atoms with Crippen molar-refractivity contribution in [2.45, 2.75) is 6.18 Å². The van der Waals surface area contributed by atoms with Gasteiger partial charge in [-0.1, -0.05) is 24.3 Å². The molecule has 1 aliphatic rings. The van der Waals surface area contributed by atoms with Crippen LogP contribution in [0.4, 0.5) is 18.9 Å². The largest absolute Gasteiger partial charge is 0.563 e. The second-order valence-electron chi connectivity index (χ2n) is 4.35.